The summed E-state index contributed by atoms with van der Waals surface area (Å²) in [7, 11) is 0. The van der Waals surface area contributed by atoms with Gasteiger partial charge in [0.2, 0.25) is 6.79 Å². The Kier molecular flexibility index (Phi) is 5.98. The van der Waals surface area contributed by atoms with E-state index in [1.807, 2.05) is 6.92 Å². The minimum absolute atomic E-state index is 0.136. The molecule has 2 amide bonds. The molecule has 140 valence electrons. The maximum absolute atomic E-state index is 12.7. The summed E-state index contributed by atoms with van der Waals surface area (Å²) in [5.41, 5.74) is 0.992. The second-order valence-electron chi connectivity index (χ2n) is 5.67. The largest absolute Gasteiger partial charge is 0.464 e. The molecule has 2 aliphatic heterocycles. The lowest BCUT2D eigenvalue weighted by Crippen LogP contribution is -2.51. The number of hydrogen-bond donors (Lipinski definition) is 2. The van der Waals surface area contributed by atoms with Gasteiger partial charge in [0.15, 0.2) is 11.5 Å². The maximum atomic E-state index is 12.7. The van der Waals surface area contributed by atoms with Crippen LogP contribution in [0.5, 0.6) is 11.5 Å². The quantitative estimate of drug-likeness (QED) is 0.520. The van der Waals surface area contributed by atoms with E-state index < -0.39 is 24.0 Å². The molecule has 1 saturated heterocycles. The van der Waals surface area contributed by atoms with E-state index in [-0.39, 0.29) is 6.79 Å². The third-order valence-corrected chi connectivity index (χ3v) is 5.58. The van der Waals surface area contributed by atoms with Gasteiger partial charge >= 0.3 is 12.0 Å². The van der Waals surface area contributed by atoms with Crippen LogP contribution < -0.4 is 20.1 Å². The Morgan fingerprint density at radius 1 is 1.42 bits per heavy atom. The number of hydrogen-bond acceptors (Lipinski definition) is 6. The highest BCUT2D eigenvalue weighted by Gasteiger charge is 2.40. The van der Waals surface area contributed by atoms with Gasteiger partial charge in [0.1, 0.15) is 12.5 Å². The maximum Gasteiger partial charge on any atom is 0.319 e. The second-order valence-corrected chi connectivity index (χ2v) is 7.92. The van der Waals surface area contributed by atoms with Gasteiger partial charge in [-0.25, -0.2) is 4.79 Å². The Labute approximate surface area is 163 Å². The van der Waals surface area contributed by atoms with Gasteiger partial charge in [-0.15, -0.1) is 0 Å². The summed E-state index contributed by atoms with van der Waals surface area (Å²) in [5.74, 6) is 1.66. The number of benzene rings is 1. The molecule has 3 rings (SSSR count). The van der Waals surface area contributed by atoms with Crippen molar-refractivity contribution in [1.82, 2.24) is 10.6 Å². The lowest BCUT2D eigenvalue weighted by Gasteiger charge is -2.33. The molecule has 9 heteroatoms. The topological polar surface area (TPSA) is 85.9 Å². The molecule has 26 heavy (non-hydrogen) atoms. The van der Waals surface area contributed by atoms with Crippen molar-refractivity contribution in [3.63, 3.8) is 0 Å². The number of amides is 2. The highest BCUT2D eigenvalue weighted by molar-refractivity contribution is 9.10. The average molecular weight is 443 g/mol. The number of nitrogens with one attached hydrogen (secondary N) is 2. The van der Waals surface area contributed by atoms with Gasteiger partial charge in [-0.3, -0.25) is 4.79 Å². The van der Waals surface area contributed by atoms with E-state index in [2.05, 4.69) is 33.1 Å². The molecule has 1 aromatic carbocycles. The van der Waals surface area contributed by atoms with Gasteiger partial charge in [0.25, 0.3) is 0 Å². The third-order valence-electron chi connectivity index (χ3n) is 4.03. The van der Waals surface area contributed by atoms with Crippen LogP contribution in [-0.2, 0) is 9.53 Å². The molecule has 1 fully saturated rings. The van der Waals surface area contributed by atoms with Crippen molar-refractivity contribution in [3.05, 3.63) is 34.4 Å². The number of urea groups is 1. The van der Waals surface area contributed by atoms with Crippen LogP contribution in [0.15, 0.2) is 28.9 Å². The van der Waals surface area contributed by atoms with Crippen LogP contribution in [0.25, 0.3) is 0 Å². The van der Waals surface area contributed by atoms with Gasteiger partial charge in [-0.2, -0.15) is 11.8 Å². The Morgan fingerprint density at radius 3 is 2.88 bits per heavy atom. The van der Waals surface area contributed by atoms with Crippen molar-refractivity contribution in [2.75, 3.05) is 24.9 Å². The summed E-state index contributed by atoms with van der Waals surface area (Å²) < 4.78 is 16.8. The summed E-state index contributed by atoms with van der Waals surface area (Å²) in [6.07, 6.45) is 0. The first-order valence-corrected chi connectivity index (χ1v) is 10.1. The molecule has 0 bridgehead atoms. The van der Waals surface area contributed by atoms with Crippen LogP contribution >= 0.6 is 27.7 Å². The van der Waals surface area contributed by atoms with E-state index in [9.17, 15) is 9.59 Å². The predicted molar refractivity (Wildman–Crippen MR) is 101 cm³/mol. The molecule has 0 unspecified atom stereocenters. The summed E-state index contributed by atoms with van der Waals surface area (Å²) in [6.45, 7) is 6.33. The molecule has 2 N–H and O–H groups in total. The van der Waals surface area contributed by atoms with Crippen LogP contribution in [0.1, 0.15) is 18.5 Å². The summed E-state index contributed by atoms with van der Waals surface area (Å²) in [4.78, 5) is 24.6. The van der Waals surface area contributed by atoms with Crippen molar-refractivity contribution in [1.29, 1.82) is 0 Å². The smallest absolute Gasteiger partial charge is 0.319 e. The molecule has 2 aliphatic rings. The van der Waals surface area contributed by atoms with Crippen molar-refractivity contribution < 1.29 is 23.8 Å². The molecule has 0 saturated carbocycles. The van der Waals surface area contributed by atoms with Gasteiger partial charge < -0.3 is 24.8 Å². The number of esters is 1. The molecule has 0 aromatic heterocycles. The lowest BCUT2D eigenvalue weighted by atomic mass is 9.89. The molecule has 1 aromatic rings. The fourth-order valence-electron chi connectivity index (χ4n) is 2.83. The normalized spacial score (nSPS) is 21.2. The van der Waals surface area contributed by atoms with Crippen molar-refractivity contribution in [3.8, 4) is 11.5 Å². The third kappa shape index (κ3) is 3.93. The van der Waals surface area contributed by atoms with Crippen LogP contribution in [0.3, 0.4) is 0 Å². The Morgan fingerprint density at radius 2 is 2.15 bits per heavy atom. The van der Waals surface area contributed by atoms with Crippen molar-refractivity contribution >= 4 is 39.7 Å². The Balaban J connectivity index is 1.85. The fourth-order valence-corrected chi connectivity index (χ4v) is 3.89. The zero-order valence-electron chi connectivity index (χ0n) is 14.2. The van der Waals surface area contributed by atoms with Crippen LogP contribution in [0, 0.1) is 5.92 Å². The number of rotatable bonds is 6. The van der Waals surface area contributed by atoms with E-state index in [0.717, 1.165) is 11.5 Å². The monoisotopic (exact) mass is 442 g/mol. The zero-order chi connectivity index (χ0) is 18.7. The first kappa shape index (κ1) is 18.9. The van der Waals surface area contributed by atoms with Gasteiger partial charge in [-0.1, -0.05) is 29.4 Å². The number of carbonyl (C=O) groups excluding carboxylic acids is 2. The zero-order valence-corrected chi connectivity index (χ0v) is 16.6. The standard InChI is InChI=1S/C17H19BrN2O5S/c1-3-26-5-4-23-16(21)14-9(2)19-17(22)20-15(14)10-6-12-13(7-11(10)18)25-8-24-12/h6-7,14-15H,2-5,8H2,1H3,(H2,19,20,22)/t14-,15+/m1/s1. The molecule has 7 nitrogen and oxygen atoms in total. The number of carbonyl (C=O) groups is 2. The number of ether oxygens (including phenoxy) is 3. The summed E-state index contributed by atoms with van der Waals surface area (Å²) in [6, 6.07) is 2.46. The molecule has 0 spiro atoms. The van der Waals surface area contributed by atoms with Crippen molar-refractivity contribution in [2.45, 2.75) is 13.0 Å². The number of thioether (sulfide) groups is 1. The Hall–Kier alpha value is -1.87. The second kappa shape index (κ2) is 8.22. The van der Waals surface area contributed by atoms with Crippen LogP contribution in [-0.4, -0.2) is 36.9 Å². The minimum atomic E-state index is -0.754. The first-order chi connectivity index (χ1) is 12.5. The first-order valence-electron chi connectivity index (χ1n) is 8.11. The minimum Gasteiger partial charge on any atom is -0.464 e. The Bertz CT molecular complexity index is 742. The lowest BCUT2D eigenvalue weighted by molar-refractivity contribution is -0.147. The molecular weight excluding hydrogens is 424 g/mol. The molecule has 0 aliphatic carbocycles. The number of fused-ring (bicyclic) bond motifs is 1. The number of halogens is 1. The molecule has 2 atom stereocenters. The van der Waals surface area contributed by atoms with E-state index >= 15 is 0 Å². The van der Waals surface area contributed by atoms with Gasteiger partial charge in [0.05, 0.1) is 6.04 Å². The molecular formula is C17H19BrN2O5S. The molecule has 2 heterocycles. The average Bonchev–Trinajstić information content (AvgIpc) is 3.04. The van der Waals surface area contributed by atoms with E-state index in [1.165, 1.54) is 0 Å². The highest BCUT2D eigenvalue weighted by Crippen LogP contribution is 2.42. The molecule has 0 radical (unpaired) electrons. The van der Waals surface area contributed by atoms with Crippen LogP contribution in [0.2, 0.25) is 0 Å². The SMILES string of the molecule is C=C1NC(=O)N[C@@H](c2cc3c(cc2Br)OCO3)[C@@H]1C(=O)OCCSCC. The van der Waals surface area contributed by atoms with E-state index in [1.54, 1.807) is 23.9 Å². The summed E-state index contributed by atoms with van der Waals surface area (Å²) >= 11 is 5.17. The fraction of sp³-hybridized carbons (Fsp3) is 0.412. The van der Waals surface area contributed by atoms with Gasteiger partial charge in [0, 0.05) is 15.9 Å². The van der Waals surface area contributed by atoms with E-state index in [4.69, 9.17) is 14.2 Å². The summed E-state index contributed by atoms with van der Waals surface area (Å²) in [5, 5.41) is 5.35. The van der Waals surface area contributed by atoms with E-state index in [0.29, 0.717) is 33.8 Å². The predicted octanol–water partition coefficient (Wildman–Crippen LogP) is 2.96. The van der Waals surface area contributed by atoms with Crippen LogP contribution in [0.4, 0.5) is 4.79 Å². The van der Waals surface area contributed by atoms with Gasteiger partial charge in [-0.05, 0) is 23.4 Å². The van der Waals surface area contributed by atoms with Crippen molar-refractivity contribution in [2.24, 2.45) is 5.92 Å². The highest BCUT2D eigenvalue weighted by atomic mass is 79.9.